The van der Waals surface area contributed by atoms with Gasteiger partial charge in [0.2, 0.25) is 0 Å². The van der Waals surface area contributed by atoms with Crippen LogP contribution in [0.4, 0.5) is 23.7 Å². The van der Waals surface area contributed by atoms with Gasteiger partial charge < -0.3 is 15.0 Å². The summed E-state index contributed by atoms with van der Waals surface area (Å²) in [5.41, 5.74) is 1.62. The molecule has 0 aliphatic carbocycles. The SMILES string of the molecule is CC(=O)c1cccc(NC(=O)N2CCN(CCOC(c3ccccc3)c3cccc(C(F)(F)F)c3)CC2)c1. The number of carbonyl (C=O) groups excluding carboxylic acids is 2. The second-order valence-electron chi connectivity index (χ2n) is 9.18. The minimum absolute atomic E-state index is 0.0699. The van der Waals surface area contributed by atoms with Gasteiger partial charge in [0.15, 0.2) is 5.78 Å². The predicted molar refractivity (Wildman–Crippen MR) is 139 cm³/mol. The van der Waals surface area contributed by atoms with Crippen LogP contribution in [-0.4, -0.2) is 60.9 Å². The fourth-order valence-corrected chi connectivity index (χ4v) is 4.38. The van der Waals surface area contributed by atoms with E-state index in [0.29, 0.717) is 56.1 Å². The molecule has 0 spiro atoms. The van der Waals surface area contributed by atoms with Crippen molar-refractivity contribution in [2.75, 3.05) is 44.6 Å². The minimum Gasteiger partial charge on any atom is -0.367 e. The lowest BCUT2D eigenvalue weighted by molar-refractivity contribution is -0.137. The summed E-state index contributed by atoms with van der Waals surface area (Å²) < 4.78 is 46.0. The second kappa shape index (κ2) is 12.2. The first-order valence-electron chi connectivity index (χ1n) is 12.4. The molecule has 1 atom stereocenters. The summed E-state index contributed by atoms with van der Waals surface area (Å²) >= 11 is 0. The van der Waals surface area contributed by atoms with Crippen LogP contribution in [-0.2, 0) is 10.9 Å². The molecule has 2 amide bonds. The number of rotatable bonds is 8. The van der Waals surface area contributed by atoms with Crippen molar-refractivity contribution in [1.29, 1.82) is 0 Å². The number of amides is 2. The number of urea groups is 1. The highest BCUT2D eigenvalue weighted by atomic mass is 19.4. The zero-order valence-corrected chi connectivity index (χ0v) is 21.1. The van der Waals surface area contributed by atoms with Crippen molar-refractivity contribution in [3.8, 4) is 0 Å². The van der Waals surface area contributed by atoms with Gasteiger partial charge in [0.05, 0.1) is 12.2 Å². The smallest absolute Gasteiger partial charge is 0.367 e. The van der Waals surface area contributed by atoms with Crippen LogP contribution in [0.5, 0.6) is 0 Å². The molecule has 9 heteroatoms. The highest BCUT2D eigenvalue weighted by Crippen LogP contribution is 2.33. The van der Waals surface area contributed by atoms with Gasteiger partial charge in [-0.3, -0.25) is 9.69 Å². The monoisotopic (exact) mass is 525 g/mol. The molecule has 0 aromatic heterocycles. The molecule has 1 N–H and O–H groups in total. The van der Waals surface area contributed by atoms with Gasteiger partial charge >= 0.3 is 12.2 Å². The van der Waals surface area contributed by atoms with Gasteiger partial charge in [-0.2, -0.15) is 13.2 Å². The number of benzene rings is 3. The molecule has 1 aliphatic heterocycles. The number of hydrogen-bond acceptors (Lipinski definition) is 4. The fourth-order valence-electron chi connectivity index (χ4n) is 4.38. The molecule has 0 bridgehead atoms. The molecule has 1 unspecified atom stereocenters. The summed E-state index contributed by atoms with van der Waals surface area (Å²) in [6.07, 6.45) is -5.06. The number of piperazine rings is 1. The summed E-state index contributed by atoms with van der Waals surface area (Å²) in [4.78, 5) is 28.1. The number of nitrogens with one attached hydrogen (secondary N) is 1. The van der Waals surface area contributed by atoms with E-state index in [1.54, 1.807) is 35.2 Å². The minimum atomic E-state index is -4.43. The van der Waals surface area contributed by atoms with E-state index >= 15 is 0 Å². The fraction of sp³-hybridized carbons (Fsp3) is 0.310. The molecule has 3 aromatic carbocycles. The molecular formula is C29H30F3N3O3. The molecule has 4 rings (SSSR count). The lowest BCUT2D eigenvalue weighted by atomic mass is 9.99. The van der Waals surface area contributed by atoms with Gasteiger partial charge in [-0.1, -0.05) is 54.6 Å². The number of nitrogens with zero attached hydrogens (tertiary/aromatic N) is 2. The van der Waals surface area contributed by atoms with Crippen LogP contribution in [0.3, 0.4) is 0 Å². The summed E-state index contributed by atoms with van der Waals surface area (Å²) in [6, 6.07) is 21.0. The van der Waals surface area contributed by atoms with E-state index < -0.39 is 17.8 Å². The Hall–Kier alpha value is -3.69. The Bertz CT molecular complexity index is 1240. The summed E-state index contributed by atoms with van der Waals surface area (Å²) in [5, 5.41) is 2.84. The van der Waals surface area contributed by atoms with Crippen LogP contribution >= 0.6 is 0 Å². The van der Waals surface area contributed by atoms with Crippen molar-refractivity contribution in [1.82, 2.24) is 9.80 Å². The van der Waals surface area contributed by atoms with Crippen LogP contribution < -0.4 is 5.32 Å². The van der Waals surface area contributed by atoms with Crippen molar-refractivity contribution in [2.24, 2.45) is 0 Å². The molecule has 6 nitrogen and oxygen atoms in total. The largest absolute Gasteiger partial charge is 0.416 e. The third-order valence-corrected chi connectivity index (χ3v) is 6.49. The molecule has 1 fully saturated rings. The van der Waals surface area contributed by atoms with E-state index in [-0.39, 0.29) is 11.8 Å². The first kappa shape index (κ1) is 27.3. The average Bonchev–Trinajstić information content (AvgIpc) is 2.91. The molecular weight excluding hydrogens is 495 g/mol. The Morgan fingerprint density at radius 3 is 2.26 bits per heavy atom. The van der Waals surface area contributed by atoms with Crippen molar-refractivity contribution in [3.63, 3.8) is 0 Å². The van der Waals surface area contributed by atoms with Crippen molar-refractivity contribution in [2.45, 2.75) is 19.2 Å². The van der Waals surface area contributed by atoms with Gasteiger partial charge in [-0.05, 0) is 42.3 Å². The van der Waals surface area contributed by atoms with E-state index in [1.165, 1.54) is 13.0 Å². The first-order valence-corrected chi connectivity index (χ1v) is 12.4. The molecule has 1 heterocycles. The lowest BCUT2D eigenvalue weighted by Gasteiger charge is -2.35. The third kappa shape index (κ3) is 7.20. The molecule has 3 aromatic rings. The van der Waals surface area contributed by atoms with Crippen molar-refractivity contribution in [3.05, 3.63) is 101 Å². The van der Waals surface area contributed by atoms with E-state index in [2.05, 4.69) is 10.2 Å². The van der Waals surface area contributed by atoms with E-state index in [9.17, 15) is 22.8 Å². The summed E-state index contributed by atoms with van der Waals surface area (Å²) in [7, 11) is 0. The Morgan fingerprint density at radius 1 is 0.895 bits per heavy atom. The normalized spacial score (nSPS) is 15.2. The van der Waals surface area contributed by atoms with E-state index in [0.717, 1.165) is 17.7 Å². The van der Waals surface area contributed by atoms with E-state index in [1.807, 2.05) is 30.3 Å². The quantitative estimate of drug-likeness (QED) is 0.374. The average molecular weight is 526 g/mol. The summed E-state index contributed by atoms with van der Waals surface area (Å²) in [5.74, 6) is -0.0699. The van der Waals surface area contributed by atoms with Crippen LogP contribution in [0.15, 0.2) is 78.9 Å². The maximum Gasteiger partial charge on any atom is 0.416 e. The van der Waals surface area contributed by atoms with Crippen molar-refractivity contribution >= 4 is 17.5 Å². The number of anilines is 1. The van der Waals surface area contributed by atoms with Crippen LogP contribution in [0.25, 0.3) is 0 Å². The first-order chi connectivity index (χ1) is 18.2. The molecule has 0 saturated carbocycles. The molecule has 1 saturated heterocycles. The predicted octanol–water partition coefficient (Wildman–Crippen LogP) is 5.86. The number of hydrogen-bond donors (Lipinski definition) is 1. The zero-order chi connectivity index (χ0) is 27.1. The third-order valence-electron chi connectivity index (χ3n) is 6.49. The van der Waals surface area contributed by atoms with Crippen LogP contribution in [0.2, 0.25) is 0 Å². The highest BCUT2D eigenvalue weighted by Gasteiger charge is 2.31. The van der Waals surface area contributed by atoms with Crippen molar-refractivity contribution < 1.29 is 27.5 Å². The maximum atomic E-state index is 13.3. The van der Waals surface area contributed by atoms with Gasteiger partial charge in [-0.25, -0.2) is 4.79 Å². The topological polar surface area (TPSA) is 61.9 Å². The molecule has 1 aliphatic rings. The van der Waals surface area contributed by atoms with Crippen LogP contribution in [0, 0.1) is 0 Å². The zero-order valence-electron chi connectivity index (χ0n) is 21.1. The van der Waals surface area contributed by atoms with Gasteiger partial charge in [0, 0.05) is 44.0 Å². The highest BCUT2D eigenvalue weighted by molar-refractivity contribution is 5.96. The Labute approximate surface area is 220 Å². The number of ether oxygens (including phenoxy) is 1. The molecule has 38 heavy (non-hydrogen) atoms. The summed E-state index contributed by atoms with van der Waals surface area (Å²) in [6.45, 7) is 4.71. The van der Waals surface area contributed by atoms with Gasteiger partial charge in [-0.15, -0.1) is 0 Å². The molecule has 0 radical (unpaired) electrons. The molecule has 200 valence electrons. The lowest BCUT2D eigenvalue weighted by Crippen LogP contribution is -2.50. The van der Waals surface area contributed by atoms with Gasteiger partial charge in [0.1, 0.15) is 6.10 Å². The Morgan fingerprint density at radius 2 is 1.58 bits per heavy atom. The number of alkyl halides is 3. The van der Waals surface area contributed by atoms with Crippen LogP contribution in [0.1, 0.15) is 40.1 Å². The number of carbonyl (C=O) groups is 2. The number of Topliss-reactive ketones (excluding diaryl/α,β-unsaturated/α-hetero) is 1. The van der Waals surface area contributed by atoms with E-state index in [4.69, 9.17) is 4.74 Å². The maximum absolute atomic E-state index is 13.3. The number of halogens is 3. The Balaban J connectivity index is 1.31. The Kier molecular flexibility index (Phi) is 8.81. The standard InChI is InChI=1S/C29H30F3N3O3/c1-21(36)23-9-6-12-26(20-23)33-28(37)35-15-13-34(14-16-35)17-18-38-27(22-7-3-2-4-8-22)24-10-5-11-25(19-24)29(30,31)32/h2-12,19-20,27H,13-18H2,1H3,(H,33,37). The number of ketones is 1. The van der Waals surface area contributed by atoms with Gasteiger partial charge in [0.25, 0.3) is 0 Å². The second-order valence-corrected chi connectivity index (χ2v) is 9.18.